The summed E-state index contributed by atoms with van der Waals surface area (Å²) in [5.74, 6) is 0.107. The standard InChI is InChI=1S/C14H15N3O2S/c15-14-16-12(8-20-14)10-1-3-11(4-2-10)17-6-9(7-18)5-13(17)19/h1-4,8-9,18H,5-7H2,(H2,15,16). The lowest BCUT2D eigenvalue weighted by Crippen LogP contribution is -2.24. The molecule has 1 atom stereocenters. The number of nitrogens with zero attached hydrogens (tertiary/aromatic N) is 2. The van der Waals surface area contributed by atoms with Crippen LogP contribution in [0.5, 0.6) is 0 Å². The molecule has 1 aromatic heterocycles. The van der Waals surface area contributed by atoms with Gasteiger partial charge in [-0.15, -0.1) is 11.3 Å². The number of rotatable bonds is 3. The molecule has 0 bridgehead atoms. The van der Waals surface area contributed by atoms with Gasteiger partial charge in [0.2, 0.25) is 5.91 Å². The smallest absolute Gasteiger partial charge is 0.227 e. The lowest BCUT2D eigenvalue weighted by Gasteiger charge is -2.16. The molecule has 3 N–H and O–H groups in total. The van der Waals surface area contributed by atoms with Gasteiger partial charge in [0.25, 0.3) is 0 Å². The number of hydrogen-bond donors (Lipinski definition) is 2. The summed E-state index contributed by atoms with van der Waals surface area (Å²) in [6, 6.07) is 7.68. The minimum atomic E-state index is 0.0421. The van der Waals surface area contributed by atoms with Gasteiger partial charge in [-0.25, -0.2) is 4.98 Å². The van der Waals surface area contributed by atoms with Crippen molar-refractivity contribution < 1.29 is 9.90 Å². The molecule has 1 fully saturated rings. The van der Waals surface area contributed by atoms with Crippen LogP contribution in [0.3, 0.4) is 0 Å². The Hall–Kier alpha value is -1.92. The van der Waals surface area contributed by atoms with Crippen LogP contribution in [-0.4, -0.2) is 29.1 Å². The Balaban J connectivity index is 1.81. The van der Waals surface area contributed by atoms with Gasteiger partial charge in [0.1, 0.15) is 0 Å². The minimum absolute atomic E-state index is 0.0421. The van der Waals surface area contributed by atoms with E-state index in [-0.39, 0.29) is 18.4 Å². The molecule has 0 radical (unpaired) electrons. The summed E-state index contributed by atoms with van der Waals surface area (Å²) in [6.45, 7) is 0.636. The molecule has 1 aliphatic rings. The number of aliphatic hydroxyl groups is 1. The first-order chi connectivity index (χ1) is 9.67. The summed E-state index contributed by atoms with van der Waals surface area (Å²) in [4.78, 5) is 17.8. The predicted octanol–water partition coefficient (Wildman–Crippen LogP) is 1.74. The first-order valence-corrected chi connectivity index (χ1v) is 7.28. The molecule has 1 saturated heterocycles. The van der Waals surface area contributed by atoms with Gasteiger partial charge in [0.05, 0.1) is 5.69 Å². The summed E-state index contributed by atoms with van der Waals surface area (Å²) in [7, 11) is 0. The number of aliphatic hydroxyl groups excluding tert-OH is 1. The van der Waals surface area contributed by atoms with Crippen LogP contribution in [0.1, 0.15) is 6.42 Å². The van der Waals surface area contributed by atoms with E-state index in [2.05, 4.69) is 4.98 Å². The van der Waals surface area contributed by atoms with Crippen molar-refractivity contribution in [2.24, 2.45) is 5.92 Å². The average Bonchev–Trinajstić information content (AvgIpc) is 3.05. The van der Waals surface area contributed by atoms with E-state index < -0.39 is 0 Å². The molecule has 3 rings (SSSR count). The first kappa shape index (κ1) is 13.1. The van der Waals surface area contributed by atoms with Crippen LogP contribution in [0.2, 0.25) is 0 Å². The van der Waals surface area contributed by atoms with Crippen LogP contribution in [0, 0.1) is 5.92 Å². The summed E-state index contributed by atoms with van der Waals surface area (Å²) in [6.07, 6.45) is 0.418. The molecule has 1 amide bonds. The maximum atomic E-state index is 11.9. The largest absolute Gasteiger partial charge is 0.396 e. The quantitative estimate of drug-likeness (QED) is 0.902. The highest BCUT2D eigenvalue weighted by atomic mass is 32.1. The number of aromatic nitrogens is 1. The normalized spacial score (nSPS) is 18.8. The summed E-state index contributed by atoms with van der Waals surface area (Å²) < 4.78 is 0. The van der Waals surface area contributed by atoms with Gasteiger partial charge in [-0.3, -0.25) is 4.79 Å². The maximum Gasteiger partial charge on any atom is 0.227 e. The molecular weight excluding hydrogens is 274 g/mol. The molecule has 5 nitrogen and oxygen atoms in total. The SMILES string of the molecule is Nc1nc(-c2ccc(N3CC(CO)CC3=O)cc2)cs1. The Morgan fingerprint density at radius 2 is 2.15 bits per heavy atom. The highest BCUT2D eigenvalue weighted by Crippen LogP contribution is 2.28. The zero-order valence-corrected chi connectivity index (χ0v) is 11.6. The summed E-state index contributed by atoms with van der Waals surface area (Å²) in [5, 5.41) is 11.6. The van der Waals surface area contributed by atoms with Crippen LogP contribution in [0.15, 0.2) is 29.6 Å². The van der Waals surface area contributed by atoms with E-state index in [4.69, 9.17) is 10.8 Å². The maximum absolute atomic E-state index is 11.9. The third kappa shape index (κ3) is 2.39. The van der Waals surface area contributed by atoms with Crippen LogP contribution >= 0.6 is 11.3 Å². The monoisotopic (exact) mass is 289 g/mol. The zero-order chi connectivity index (χ0) is 14.1. The van der Waals surface area contributed by atoms with Gasteiger partial charge in [0, 0.05) is 42.1 Å². The van der Waals surface area contributed by atoms with Crippen molar-refractivity contribution in [3.8, 4) is 11.3 Å². The molecule has 2 heterocycles. The van der Waals surface area contributed by atoms with Crippen molar-refractivity contribution in [2.75, 3.05) is 23.8 Å². The Bertz CT molecular complexity index is 624. The number of anilines is 2. The average molecular weight is 289 g/mol. The molecule has 6 heteroatoms. The van der Waals surface area contributed by atoms with Gasteiger partial charge in [-0.05, 0) is 12.1 Å². The van der Waals surface area contributed by atoms with Gasteiger partial charge in [0.15, 0.2) is 5.13 Å². The Kier molecular flexibility index (Phi) is 3.42. The third-order valence-corrected chi connectivity index (χ3v) is 4.13. The van der Waals surface area contributed by atoms with Crippen LogP contribution < -0.4 is 10.6 Å². The van der Waals surface area contributed by atoms with Crippen LogP contribution in [-0.2, 0) is 4.79 Å². The number of carbonyl (C=O) groups is 1. The fourth-order valence-corrected chi connectivity index (χ4v) is 2.96. The molecule has 0 saturated carbocycles. The molecule has 1 aromatic carbocycles. The highest BCUT2D eigenvalue weighted by Gasteiger charge is 2.29. The predicted molar refractivity (Wildman–Crippen MR) is 79.5 cm³/mol. The second kappa shape index (κ2) is 5.22. The number of amides is 1. The van der Waals surface area contributed by atoms with E-state index in [1.54, 1.807) is 4.90 Å². The summed E-state index contributed by atoms with van der Waals surface area (Å²) >= 11 is 1.41. The van der Waals surface area contributed by atoms with Gasteiger partial charge in [-0.2, -0.15) is 0 Å². The van der Waals surface area contributed by atoms with Gasteiger partial charge < -0.3 is 15.7 Å². The number of thiazole rings is 1. The number of benzene rings is 1. The van der Waals surface area contributed by atoms with E-state index in [0.717, 1.165) is 16.9 Å². The highest BCUT2D eigenvalue weighted by molar-refractivity contribution is 7.13. The van der Waals surface area contributed by atoms with E-state index in [1.807, 2.05) is 29.6 Å². The van der Waals surface area contributed by atoms with Crippen molar-refractivity contribution in [2.45, 2.75) is 6.42 Å². The Labute approximate surface area is 120 Å². The fraction of sp³-hybridized carbons (Fsp3) is 0.286. The molecule has 104 valence electrons. The number of carbonyl (C=O) groups excluding carboxylic acids is 1. The van der Waals surface area contributed by atoms with Crippen molar-refractivity contribution in [3.63, 3.8) is 0 Å². The van der Waals surface area contributed by atoms with E-state index >= 15 is 0 Å². The lowest BCUT2D eigenvalue weighted by molar-refractivity contribution is -0.117. The van der Waals surface area contributed by atoms with Crippen molar-refractivity contribution in [3.05, 3.63) is 29.6 Å². The topological polar surface area (TPSA) is 79.4 Å². The second-order valence-electron chi connectivity index (χ2n) is 4.87. The van der Waals surface area contributed by atoms with E-state index in [9.17, 15) is 4.79 Å². The third-order valence-electron chi connectivity index (χ3n) is 3.46. The number of nitrogen functional groups attached to an aromatic ring is 1. The van der Waals surface area contributed by atoms with Crippen molar-refractivity contribution in [1.82, 2.24) is 4.98 Å². The second-order valence-corrected chi connectivity index (χ2v) is 5.76. The zero-order valence-electron chi connectivity index (χ0n) is 10.8. The Morgan fingerprint density at radius 1 is 1.40 bits per heavy atom. The lowest BCUT2D eigenvalue weighted by atomic mass is 10.1. The molecule has 0 aliphatic carbocycles. The minimum Gasteiger partial charge on any atom is -0.396 e. The molecule has 1 aliphatic heterocycles. The number of nitrogens with two attached hydrogens (primary N) is 1. The molecule has 0 spiro atoms. The molecular formula is C14H15N3O2S. The van der Waals surface area contributed by atoms with Gasteiger partial charge >= 0.3 is 0 Å². The van der Waals surface area contributed by atoms with E-state index in [0.29, 0.717) is 18.1 Å². The van der Waals surface area contributed by atoms with Gasteiger partial charge in [-0.1, -0.05) is 12.1 Å². The molecule has 20 heavy (non-hydrogen) atoms. The Morgan fingerprint density at radius 3 is 2.70 bits per heavy atom. The van der Waals surface area contributed by atoms with Crippen LogP contribution in [0.4, 0.5) is 10.8 Å². The fourth-order valence-electron chi connectivity index (χ4n) is 2.39. The summed E-state index contributed by atoms with van der Waals surface area (Å²) in [5.41, 5.74) is 8.31. The first-order valence-electron chi connectivity index (χ1n) is 6.40. The van der Waals surface area contributed by atoms with E-state index in [1.165, 1.54) is 11.3 Å². The van der Waals surface area contributed by atoms with Crippen LogP contribution in [0.25, 0.3) is 11.3 Å². The van der Waals surface area contributed by atoms with Crippen molar-refractivity contribution in [1.29, 1.82) is 0 Å². The number of hydrogen-bond acceptors (Lipinski definition) is 5. The molecule has 1 unspecified atom stereocenters. The van der Waals surface area contributed by atoms with Crippen molar-refractivity contribution >= 4 is 28.1 Å². The molecule has 2 aromatic rings.